The van der Waals surface area contributed by atoms with E-state index in [1.165, 1.54) is 0 Å². The van der Waals surface area contributed by atoms with Gasteiger partial charge in [-0.25, -0.2) is 4.98 Å². The number of aliphatic hydroxyl groups is 1. The average molecular weight is 266 g/mol. The van der Waals surface area contributed by atoms with Crippen molar-refractivity contribution in [3.8, 4) is 10.8 Å². The molecule has 1 N–H and O–H groups in total. The summed E-state index contributed by atoms with van der Waals surface area (Å²) in [6.07, 6.45) is 2.77. The largest absolute Gasteiger partial charge is 0.444 e. The zero-order chi connectivity index (χ0) is 12.8. The second-order valence-electron chi connectivity index (χ2n) is 4.12. The SMILES string of the molecule is CCCN(CCO)Cc1coc(-c2cccs2)n1. The molecule has 0 spiro atoms. The molecule has 0 unspecified atom stereocenters. The number of rotatable bonds is 7. The van der Waals surface area contributed by atoms with E-state index in [1.807, 2.05) is 17.5 Å². The fourth-order valence-electron chi connectivity index (χ4n) is 1.85. The molecule has 0 saturated carbocycles. The third-order valence-electron chi connectivity index (χ3n) is 2.63. The third kappa shape index (κ3) is 3.41. The lowest BCUT2D eigenvalue weighted by Gasteiger charge is -2.18. The molecule has 0 bridgehead atoms. The lowest BCUT2D eigenvalue weighted by molar-refractivity contribution is 0.189. The van der Waals surface area contributed by atoms with E-state index in [1.54, 1.807) is 17.6 Å². The zero-order valence-corrected chi connectivity index (χ0v) is 11.3. The summed E-state index contributed by atoms with van der Waals surface area (Å²) in [6.45, 7) is 4.67. The number of oxazole rings is 1. The molecule has 0 amide bonds. The van der Waals surface area contributed by atoms with Crippen molar-refractivity contribution in [2.45, 2.75) is 19.9 Å². The van der Waals surface area contributed by atoms with E-state index in [0.29, 0.717) is 12.4 Å². The Hall–Kier alpha value is -1.17. The van der Waals surface area contributed by atoms with Gasteiger partial charge in [0.15, 0.2) is 0 Å². The highest BCUT2D eigenvalue weighted by Gasteiger charge is 2.10. The second kappa shape index (κ2) is 6.68. The van der Waals surface area contributed by atoms with Crippen LogP contribution in [0.2, 0.25) is 0 Å². The Bertz CT molecular complexity index is 447. The zero-order valence-electron chi connectivity index (χ0n) is 10.5. The molecule has 98 valence electrons. The average Bonchev–Trinajstić information content (AvgIpc) is 2.98. The maximum Gasteiger partial charge on any atom is 0.236 e. The number of hydrogen-bond donors (Lipinski definition) is 1. The topological polar surface area (TPSA) is 49.5 Å². The molecular formula is C13H18N2O2S. The minimum atomic E-state index is 0.176. The van der Waals surface area contributed by atoms with Crippen molar-refractivity contribution in [2.24, 2.45) is 0 Å². The maximum atomic E-state index is 9.01. The van der Waals surface area contributed by atoms with E-state index in [-0.39, 0.29) is 6.61 Å². The standard InChI is InChI=1S/C13H18N2O2S/c1-2-5-15(6-7-16)9-11-10-17-13(14-11)12-4-3-8-18-12/h3-4,8,10,16H,2,5-7,9H2,1H3. The predicted molar refractivity (Wildman–Crippen MR) is 72.5 cm³/mol. The summed E-state index contributed by atoms with van der Waals surface area (Å²) in [4.78, 5) is 7.70. The highest BCUT2D eigenvalue weighted by molar-refractivity contribution is 7.13. The van der Waals surface area contributed by atoms with Gasteiger partial charge in [-0.05, 0) is 24.4 Å². The smallest absolute Gasteiger partial charge is 0.236 e. The lowest BCUT2D eigenvalue weighted by Crippen LogP contribution is -2.27. The van der Waals surface area contributed by atoms with Gasteiger partial charge in [0.25, 0.3) is 0 Å². The second-order valence-corrected chi connectivity index (χ2v) is 5.07. The van der Waals surface area contributed by atoms with Crippen LogP contribution >= 0.6 is 11.3 Å². The van der Waals surface area contributed by atoms with Gasteiger partial charge in [-0.2, -0.15) is 0 Å². The van der Waals surface area contributed by atoms with Crippen LogP contribution < -0.4 is 0 Å². The number of nitrogens with zero attached hydrogens (tertiary/aromatic N) is 2. The van der Waals surface area contributed by atoms with Crippen molar-refractivity contribution in [3.63, 3.8) is 0 Å². The molecule has 0 aliphatic heterocycles. The van der Waals surface area contributed by atoms with Gasteiger partial charge in [0.1, 0.15) is 6.26 Å². The van der Waals surface area contributed by atoms with E-state index in [2.05, 4.69) is 16.8 Å². The number of hydrogen-bond acceptors (Lipinski definition) is 5. The summed E-state index contributed by atoms with van der Waals surface area (Å²) in [7, 11) is 0. The minimum absolute atomic E-state index is 0.176. The van der Waals surface area contributed by atoms with Crippen LogP contribution in [0.4, 0.5) is 0 Å². The molecule has 0 radical (unpaired) electrons. The van der Waals surface area contributed by atoms with Crippen LogP contribution in [-0.4, -0.2) is 34.7 Å². The van der Waals surface area contributed by atoms with Gasteiger partial charge in [0.05, 0.1) is 17.2 Å². The van der Waals surface area contributed by atoms with E-state index in [4.69, 9.17) is 9.52 Å². The Morgan fingerprint density at radius 3 is 3.00 bits per heavy atom. The molecule has 2 rings (SSSR count). The van der Waals surface area contributed by atoms with Gasteiger partial charge in [-0.3, -0.25) is 4.90 Å². The summed E-state index contributed by atoms with van der Waals surface area (Å²) >= 11 is 1.62. The summed E-state index contributed by atoms with van der Waals surface area (Å²) in [6, 6.07) is 3.98. The van der Waals surface area contributed by atoms with Gasteiger partial charge in [-0.15, -0.1) is 11.3 Å². The molecule has 18 heavy (non-hydrogen) atoms. The first-order valence-electron chi connectivity index (χ1n) is 6.15. The molecule has 2 heterocycles. The van der Waals surface area contributed by atoms with E-state index in [0.717, 1.165) is 30.1 Å². The van der Waals surface area contributed by atoms with Crippen molar-refractivity contribution in [1.82, 2.24) is 9.88 Å². The summed E-state index contributed by atoms with van der Waals surface area (Å²) in [5, 5.41) is 11.0. The summed E-state index contributed by atoms with van der Waals surface area (Å²) < 4.78 is 5.48. The molecule has 0 aliphatic carbocycles. The highest BCUT2D eigenvalue weighted by atomic mass is 32.1. The highest BCUT2D eigenvalue weighted by Crippen LogP contribution is 2.23. The van der Waals surface area contributed by atoms with E-state index < -0.39 is 0 Å². The molecule has 0 saturated heterocycles. The third-order valence-corrected chi connectivity index (χ3v) is 3.48. The van der Waals surface area contributed by atoms with Gasteiger partial charge in [-0.1, -0.05) is 13.0 Å². The Balaban J connectivity index is 2.01. The molecule has 0 fully saturated rings. The fraction of sp³-hybridized carbons (Fsp3) is 0.462. The van der Waals surface area contributed by atoms with Gasteiger partial charge in [0, 0.05) is 13.1 Å². The quantitative estimate of drug-likeness (QED) is 0.837. The molecule has 5 heteroatoms. The summed E-state index contributed by atoms with van der Waals surface area (Å²) in [5.74, 6) is 0.681. The molecular weight excluding hydrogens is 248 g/mol. The number of aromatic nitrogens is 1. The van der Waals surface area contributed by atoms with Gasteiger partial charge in [0.2, 0.25) is 5.89 Å². The van der Waals surface area contributed by atoms with Crippen LogP contribution in [-0.2, 0) is 6.54 Å². The molecule has 2 aromatic rings. The molecule has 4 nitrogen and oxygen atoms in total. The first-order chi connectivity index (χ1) is 8.83. The van der Waals surface area contributed by atoms with Crippen molar-refractivity contribution >= 4 is 11.3 Å². The first kappa shape index (κ1) is 13.3. The Labute approximate surface area is 111 Å². The minimum Gasteiger partial charge on any atom is -0.444 e. The fourth-order valence-corrected chi connectivity index (χ4v) is 2.51. The van der Waals surface area contributed by atoms with Crippen LogP contribution in [0.3, 0.4) is 0 Å². The van der Waals surface area contributed by atoms with E-state index in [9.17, 15) is 0 Å². The number of aliphatic hydroxyl groups excluding tert-OH is 1. The Kier molecular flexibility index (Phi) is 4.92. The number of thiophene rings is 1. The van der Waals surface area contributed by atoms with Crippen molar-refractivity contribution in [2.75, 3.05) is 19.7 Å². The molecule has 0 aromatic carbocycles. The van der Waals surface area contributed by atoms with Gasteiger partial charge < -0.3 is 9.52 Å². The van der Waals surface area contributed by atoms with E-state index >= 15 is 0 Å². The van der Waals surface area contributed by atoms with Crippen LogP contribution in [0.15, 0.2) is 28.2 Å². The monoisotopic (exact) mass is 266 g/mol. The van der Waals surface area contributed by atoms with Crippen LogP contribution in [0, 0.1) is 0 Å². The van der Waals surface area contributed by atoms with Gasteiger partial charge >= 0.3 is 0 Å². The maximum absolute atomic E-state index is 9.01. The summed E-state index contributed by atoms with van der Waals surface area (Å²) in [5.41, 5.74) is 0.917. The first-order valence-corrected chi connectivity index (χ1v) is 7.03. The molecule has 2 aromatic heterocycles. The van der Waals surface area contributed by atoms with Crippen molar-refractivity contribution < 1.29 is 9.52 Å². The van der Waals surface area contributed by atoms with Crippen LogP contribution in [0.1, 0.15) is 19.0 Å². The Morgan fingerprint density at radius 1 is 1.44 bits per heavy atom. The lowest BCUT2D eigenvalue weighted by atomic mass is 10.3. The normalized spacial score (nSPS) is 11.3. The molecule has 0 atom stereocenters. The molecule has 0 aliphatic rings. The predicted octanol–water partition coefficient (Wildman–Crippen LogP) is 2.61. The van der Waals surface area contributed by atoms with Crippen molar-refractivity contribution in [1.29, 1.82) is 0 Å². The Morgan fingerprint density at radius 2 is 2.33 bits per heavy atom. The van der Waals surface area contributed by atoms with Crippen LogP contribution in [0.25, 0.3) is 10.8 Å². The van der Waals surface area contributed by atoms with Crippen molar-refractivity contribution in [3.05, 3.63) is 29.5 Å². The van der Waals surface area contributed by atoms with Crippen LogP contribution in [0.5, 0.6) is 0 Å².